The van der Waals surface area contributed by atoms with Crippen LogP contribution < -0.4 is 0 Å². The molecule has 1 nitrogen and oxygen atoms in total. The summed E-state index contributed by atoms with van der Waals surface area (Å²) in [6.07, 6.45) is 3.30. The van der Waals surface area contributed by atoms with Crippen molar-refractivity contribution in [2.45, 2.75) is 0 Å². The maximum atomic E-state index is 10.1. The molecule has 6 heavy (non-hydrogen) atoms. The SMILES string of the molecule is C=CCS(C)=O. The van der Waals surface area contributed by atoms with Gasteiger partial charge in [-0.1, -0.05) is 6.08 Å². The standard InChI is InChI=1S/C4H8OS/c1-3-4-6(2)5/h3H,1,4H2,2H3. The van der Waals surface area contributed by atoms with Crippen molar-refractivity contribution in [2.75, 3.05) is 12.0 Å². The van der Waals surface area contributed by atoms with Crippen LogP contribution in [-0.4, -0.2) is 16.2 Å². The smallest absolute Gasteiger partial charge is 0.0409 e. The van der Waals surface area contributed by atoms with Crippen LogP contribution in [0.15, 0.2) is 12.7 Å². The van der Waals surface area contributed by atoms with E-state index in [4.69, 9.17) is 0 Å². The molecule has 36 valence electrons. The van der Waals surface area contributed by atoms with Crippen molar-refractivity contribution >= 4 is 10.8 Å². The third kappa shape index (κ3) is 3.89. The Morgan fingerprint density at radius 2 is 2.50 bits per heavy atom. The van der Waals surface area contributed by atoms with E-state index in [1.807, 2.05) is 0 Å². The van der Waals surface area contributed by atoms with Gasteiger partial charge in [-0.25, -0.2) is 0 Å². The summed E-state index contributed by atoms with van der Waals surface area (Å²) in [6.45, 7) is 3.41. The molecule has 0 aromatic heterocycles. The molecule has 0 rings (SSSR count). The molecule has 2 heteroatoms. The van der Waals surface area contributed by atoms with Gasteiger partial charge in [-0.2, -0.15) is 0 Å². The van der Waals surface area contributed by atoms with Gasteiger partial charge in [-0.15, -0.1) is 6.58 Å². The zero-order chi connectivity index (χ0) is 4.99. The van der Waals surface area contributed by atoms with Gasteiger partial charge in [0.15, 0.2) is 0 Å². The molecule has 0 aliphatic heterocycles. The minimum atomic E-state index is -0.684. The maximum Gasteiger partial charge on any atom is 0.0409 e. The molecule has 0 aromatic rings. The summed E-state index contributed by atoms with van der Waals surface area (Å²) in [6, 6.07) is 0. The van der Waals surface area contributed by atoms with Gasteiger partial charge in [0.25, 0.3) is 0 Å². The first-order valence-corrected chi connectivity index (χ1v) is 3.41. The second-order valence-corrected chi connectivity index (χ2v) is 2.51. The van der Waals surface area contributed by atoms with Crippen LogP contribution in [0.4, 0.5) is 0 Å². The Morgan fingerprint density at radius 1 is 2.00 bits per heavy atom. The Labute approximate surface area is 40.5 Å². The molecule has 0 aliphatic rings. The van der Waals surface area contributed by atoms with E-state index in [0.717, 1.165) is 0 Å². The van der Waals surface area contributed by atoms with Crippen molar-refractivity contribution in [1.29, 1.82) is 0 Å². The highest BCUT2D eigenvalue weighted by Gasteiger charge is 1.76. The lowest BCUT2D eigenvalue weighted by Crippen LogP contribution is -1.86. The average molecular weight is 104 g/mol. The summed E-state index contributed by atoms with van der Waals surface area (Å²) < 4.78 is 10.1. The van der Waals surface area contributed by atoms with Gasteiger partial charge in [0, 0.05) is 22.8 Å². The van der Waals surface area contributed by atoms with Gasteiger partial charge in [-0.3, -0.25) is 4.21 Å². The Balaban J connectivity index is 3.05. The molecule has 0 radical (unpaired) electrons. The zero-order valence-electron chi connectivity index (χ0n) is 3.81. The van der Waals surface area contributed by atoms with E-state index >= 15 is 0 Å². The van der Waals surface area contributed by atoms with Gasteiger partial charge in [0.2, 0.25) is 0 Å². The first-order chi connectivity index (χ1) is 2.77. The normalized spacial score (nSPS) is 13.5. The third-order valence-corrected chi connectivity index (χ3v) is 1.06. The molecule has 0 N–H and O–H groups in total. The lowest BCUT2D eigenvalue weighted by atomic mass is 10.8. The lowest BCUT2D eigenvalue weighted by Gasteiger charge is -1.77. The first kappa shape index (κ1) is 5.89. The quantitative estimate of drug-likeness (QED) is 0.468. The summed E-state index contributed by atoms with van der Waals surface area (Å²) in [7, 11) is -0.684. The minimum Gasteiger partial charge on any atom is -0.260 e. The van der Waals surface area contributed by atoms with Crippen molar-refractivity contribution in [2.24, 2.45) is 0 Å². The van der Waals surface area contributed by atoms with E-state index in [9.17, 15) is 4.21 Å². The van der Waals surface area contributed by atoms with Gasteiger partial charge >= 0.3 is 0 Å². The fraction of sp³-hybridized carbons (Fsp3) is 0.500. The molecular weight excluding hydrogens is 96.1 g/mol. The predicted octanol–water partition coefficient (Wildman–Crippen LogP) is 0.551. The monoisotopic (exact) mass is 104 g/mol. The molecule has 0 spiro atoms. The molecule has 0 fully saturated rings. The zero-order valence-corrected chi connectivity index (χ0v) is 4.62. The Kier molecular flexibility index (Phi) is 3.04. The lowest BCUT2D eigenvalue weighted by molar-refractivity contribution is 0.688. The molecule has 0 aromatic carbocycles. The topological polar surface area (TPSA) is 17.1 Å². The molecular formula is C4H8OS. The molecule has 0 saturated carbocycles. The van der Waals surface area contributed by atoms with Crippen LogP contribution in [0.25, 0.3) is 0 Å². The van der Waals surface area contributed by atoms with Crippen LogP contribution >= 0.6 is 0 Å². The maximum absolute atomic E-state index is 10.1. The van der Waals surface area contributed by atoms with Crippen LogP contribution in [0, 0.1) is 0 Å². The summed E-state index contributed by atoms with van der Waals surface area (Å²) in [5, 5.41) is 0. The highest BCUT2D eigenvalue weighted by atomic mass is 32.2. The molecule has 1 atom stereocenters. The van der Waals surface area contributed by atoms with E-state index < -0.39 is 10.8 Å². The molecule has 0 saturated heterocycles. The largest absolute Gasteiger partial charge is 0.260 e. The molecule has 0 aliphatic carbocycles. The van der Waals surface area contributed by atoms with E-state index in [1.165, 1.54) is 0 Å². The third-order valence-electron chi connectivity index (χ3n) is 0.353. The summed E-state index contributed by atoms with van der Waals surface area (Å²) in [5.74, 6) is 0.611. The number of rotatable bonds is 2. The van der Waals surface area contributed by atoms with Crippen LogP contribution in [0.2, 0.25) is 0 Å². The first-order valence-electron chi connectivity index (χ1n) is 1.68. The highest BCUT2D eigenvalue weighted by molar-refractivity contribution is 7.84. The van der Waals surface area contributed by atoms with E-state index in [2.05, 4.69) is 6.58 Å². The molecule has 0 bridgehead atoms. The minimum absolute atomic E-state index is 0.611. The van der Waals surface area contributed by atoms with Gasteiger partial charge in [0.1, 0.15) is 0 Å². The van der Waals surface area contributed by atoms with E-state index in [-0.39, 0.29) is 0 Å². The average Bonchev–Trinajstić information content (AvgIpc) is 1.35. The Hall–Kier alpha value is -0.110. The van der Waals surface area contributed by atoms with Crippen molar-refractivity contribution in [3.63, 3.8) is 0 Å². The second-order valence-electron chi connectivity index (χ2n) is 1.03. The second kappa shape index (κ2) is 3.09. The van der Waals surface area contributed by atoms with Crippen LogP contribution in [0.1, 0.15) is 0 Å². The van der Waals surface area contributed by atoms with E-state index in [0.29, 0.717) is 5.75 Å². The van der Waals surface area contributed by atoms with Crippen molar-refractivity contribution in [3.8, 4) is 0 Å². The number of hydrogen-bond acceptors (Lipinski definition) is 1. The Morgan fingerprint density at radius 3 is 2.50 bits per heavy atom. The van der Waals surface area contributed by atoms with Crippen LogP contribution in [0.5, 0.6) is 0 Å². The fourth-order valence-electron chi connectivity index (χ4n) is 0.166. The Bertz CT molecular complexity index is 67.9. The highest BCUT2D eigenvalue weighted by Crippen LogP contribution is 1.70. The van der Waals surface area contributed by atoms with Crippen LogP contribution in [-0.2, 0) is 10.8 Å². The van der Waals surface area contributed by atoms with Gasteiger partial charge in [0.05, 0.1) is 0 Å². The molecule has 0 heterocycles. The van der Waals surface area contributed by atoms with Gasteiger partial charge < -0.3 is 0 Å². The molecule has 1 unspecified atom stereocenters. The van der Waals surface area contributed by atoms with Crippen molar-refractivity contribution in [3.05, 3.63) is 12.7 Å². The van der Waals surface area contributed by atoms with E-state index in [1.54, 1.807) is 12.3 Å². The van der Waals surface area contributed by atoms with Crippen LogP contribution in [0.3, 0.4) is 0 Å². The summed E-state index contributed by atoms with van der Waals surface area (Å²) >= 11 is 0. The van der Waals surface area contributed by atoms with Crippen molar-refractivity contribution < 1.29 is 4.21 Å². The summed E-state index contributed by atoms with van der Waals surface area (Å²) in [4.78, 5) is 0. The predicted molar refractivity (Wildman–Crippen MR) is 29.1 cm³/mol. The molecule has 0 amide bonds. The fourth-order valence-corrected chi connectivity index (χ4v) is 0.498. The van der Waals surface area contributed by atoms with Crippen molar-refractivity contribution in [1.82, 2.24) is 0 Å². The number of hydrogen-bond donors (Lipinski definition) is 0. The van der Waals surface area contributed by atoms with Gasteiger partial charge in [-0.05, 0) is 0 Å². The summed E-state index contributed by atoms with van der Waals surface area (Å²) in [5.41, 5.74) is 0.